The Morgan fingerprint density at radius 2 is 2.04 bits per heavy atom. The van der Waals surface area contributed by atoms with Gasteiger partial charge in [0.15, 0.2) is 6.04 Å². The first kappa shape index (κ1) is 17.4. The number of nitrogens with zero attached hydrogens (tertiary/aromatic N) is 2. The van der Waals surface area contributed by atoms with Crippen LogP contribution in [0, 0.1) is 19.8 Å². The fourth-order valence-corrected chi connectivity index (χ4v) is 3.44. The van der Waals surface area contributed by atoms with Crippen LogP contribution in [0.1, 0.15) is 17.5 Å². The van der Waals surface area contributed by atoms with Crippen molar-refractivity contribution in [2.75, 3.05) is 31.2 Å². The van der Waals surface area contributed by atoms with Crippen LogP contribution in [0.3, 0.4) is 0 Å². The largest absolute Gasteiger partial charge is 0.480 e. The predicted molar refractivity (Wildman–Crippen MR) is 90.3 cm³/mol. The highest BCUT2D eigenvalue weighted by atomic mass is 16.5. The van der Waals surface area contributed by atoms with Gasteiger partial charge in [-0.15, -0.1) is 0 Å². The SMILES string of the molecule is Cc1cccc(N2CC(C(=O)N3CCOCC3C(=O)O)CC2=O)c1C. The van der Waals surface area contributed by atoms with E-state index < -0.39 is 17.9 Å². The number of rotatable bonds is 3. The average molecular weight is 346 g/mol. The van der Waals surface area contributed by atoms with E-state index in [-0.39, 0.29) is 37.9 Å². The first-order valence-corrected chi connectivity index (χ1v) is 8.37. The Hall–Kier alpha value is -2.41. The normalized spacial score (nSPS) is 23.8. The van der Waals surface area contributed by atoms with Crippen molar-refractivity contribution in [1.29, 1.82) is 0 Å². The third-order valence-corrected chi connectivity index (χ3v) is 5.04. The maximum absolute atomic E-state index is 12.8. The predicted octanol–water partition coefficient (Wildman–Crippen LogP) is 0.968. The number of hydrogen-bond acceptors (Lipinski definition) is 4. The average Bonchev–Trinajstić information content (AvgIpc) is 2.98. The topological polar surface area (TPSA) is 87.2 Å². The molecule has 0 bridgehead atoms. The first-order valence-electron chi connectivity index (χ1n) is 8.37. The van der Waals surface area contributed by atoms with Gasteiger partial charge in [0.1, 0.15) is 0 Å². The molecule has 7 heteroatoms. The molecule has 2 saturated heterocycles. The molecule has 2 amide bonds. The van der Waals surface area contributed by atoms with Gasteiger partial charge in [-0.05, 0) is 31.0 Å². The smallest absolute Gasteiger partial charge is 0.328 e. The van der Waals surface area contributed by atoms with Crippen molar-refractivity contribution in [2.24, 2.45) is 5.92 Å². The fraction of sp³-hybridized carbons (Fsp3) is 0.500. The lowest BCUT2D eigenvalue weighted by Gasteiger charge is -2.34. The van der Waals surface area contributed by atoms with E-state index in [0.717, 1.165) is 16.8 Å². The molecule has 2 fully saturated rings. The number of benzene rings is 1. The number of anilines is 1. The van der Waals surface area contributed by atoms with Crippen LogP contribution in [-0.4, -0.2) is 60.1 Å². The van der Waals surface area contributed by atoms with Crippen molar-refractivity contribution in [3.63, 3.8) is 0 Å². The van der Waals surface area contributed by atoms with E-state index in [1.165, 1.54) is 4.90 Å². The number of aliphatic carboxylic acids is 1. The molecule has 1 aromatic rings. The summed E-state index contributed by atoms with van der Waals surface area (Å²) < 4.78 is 5.17. The first-order chi connectivity index (χ1) is 11.9. The fourth-order valence-electron chi connectivity index (χ4n) is 3.44. The Labute approximate surface area is 146 Å². The van der Waals surface area contributed by atoms with E-state index in [1.807, 2.05) is 32.0 Å². The molecule has 25 heavy (non-hydrogen) atoms. The van der Waals surface area contributed by atoms with Crippen molar-refractivity contribution in [3.8, 4) is 0 Å². The van der Waals surface area contributed by atoms with Crippen LogP contribution in [0.5, 0.6) is 0 Å². The Morgan fingerprint density at radius 1 is 1.28 bits per heavy atom. The van der Waals surface area contributed by atoms with Gasteiger partial charge in [0.25, 0.3) is 0 Å². The van der Waals surface area contributed by atoms with Crippen LogP contribution in [0.25, 0.3) is 0 Å². The molecule has 0 aliphatic carbocycles. The van der Waals surface area contributed by atoms with Gasteiger partial charge in [-0.2, -0.15) is 0 Å². The molecule has 1 aromatic carbocycles. The second-order valence-electron chi connectivity index (χ2n) is 6.59. The van der Waals surface area contributed by atoms with Gasteiger partial charge < -0.3 is 19.6 Å². The lowest BCUT2D eigenvalue weighted by atomic mass is 10.0. The Kier molecular flexibility index (Phi) is 4.76. The van der Waals surface area contributed by atoms with Gasteiger partial charge in [0.2, 0.25) is 11.8 Å². The van der Waals surface area contributed by atoms with E-state index in [4.69, 9.17) is 4.74 Å². The highest BCUT2D eigenvalue weighted by Gasteiger charge is 2.41. The van der Waals surface area contributed by atoms with E-state index in [0.29, 0.717) is 6.61 Å². The molecule has 7 nitrogen and oxygen atoms in total. The van der Waals surface area contributed by atoms with Gasteiger partial charge in [-0.25, -0.2) is 4.79 Å². The second-order valence-corrected chi connectivity index (χ2v) is 6.59. The molecule has 0 saturated carbocycles. The monoisotopic (exact) mass is 346 g/mol. The zero-order valence-corrected chi connectivity index (χ0v) is 14.4. The van der Waals surface area contributed by atoms with Crippen molar-refractivity contribution in [1.82, 2.24) is 4.90 Å². The molecule has 2 aliphatic heterocycles. The Bertz CT molecular complexity index is 717. The number of aryl methyl sites for hydroxylation is 1. The number of morpholine rings is 1. The third-order valence-electron chi connectivity index (χ3n) is 5.04. The van der Waals surface area contributed by atoms with E-state index in [1.54, 1.807) is 4.90 Å². The summed E-state index contributed by atoms with van der Waals surface area (Å²) in [5.74, 6) is -1.99. The lowest BCUT2D eigenvalue weighted by molar-refractivity contribution is -0.160. The number of hydrogen-bond donors (Lipinski definition) is 1. The van der Waals surface area contributed by atoms with E-state index in [9.17, 15) is 19.5 Å². The molecule has 134 valence electrons. The van der Waals surface area contributed by atoms with Gasteiger partial charge >= 0.3 is 5.97 Å². The molecule has 1 N–H and O–H groups in total. The summed E-state index contributed by atoms with van der Waals surface area (Å²) in [5.41, 5.74) is 2.91. The maximum Gasteiger partial charge on any atom is 0.328 e. The molecule has 2 aliphatic rings. The van der Waals surface area contributed by atoms with Crippen molar-refractivity contribution < 1.29 is 24.2 Å². The van der Waals surface area contributed by atoms with Crippen LogP contribution in [-0.2, 0) is 19.1 Å². The molecule has 3 rings (SSSR count). The number of carboxylic acids is 1. The Balaban J connectivity index is 1.79. The Morgan fingerprint density at radius 3 is 2.76 bits per heavy atom. The minimum absolute atomic E-state index is 0.0115. The summed E-state index contributed by atoms with van der Waals surface area (Å²) >= 11 is 0. The molecule has 0 aromatic heterocycles. The van der Waals surface area contributed by atoms with Crippen molar-refractivity contribution in [2.45, 2.75) is 26.3 Å². The second kappa shape index (κ2) is 6.84. The van der Waals surface area contributed by atoms with Crippen LogP contribution >= 0.6 is 0 Å². The standard InChI is InChI=1S/C18H22N2O5/c1-11-4-3-5-14(12(11)2)20-9-13(8-16(20)21)17(22)19-6-7-25-10-15(19)18(23)24/h3-5,13,15H,6-10H2,1-2H3,(H,23,24). The van der Waals surface area contributed by atoms with Crippen LogP contribution < -0.4 is 4.90 Å². The minimum atomic E-state index is -1.08. The highest BCUT2D eigenvalue weighted by Crippen LogP contribution is 2.30. The summed E-state index contributed by atoms with van der Waals surface area (Å²) in [6.07, 6.45) is 0.107. The van der Waals surface area contributed by atoms with Crippen molar-refractivity contribution >= 4 is 23.5 Å². The summed E-state index contributed by atoms with van der Waals surface area (Å²) in [5, 5.41) is 9.30. The number of carbonyl (C=O) groups is 3. The lowest BCUT2D eigenvalue weighted by Crippen LogP contribution is -2.54. The molecular weight excluding hydrogens is 324 g/mol. The van der Waals surface area contributed by atoms with Gasteiger partial charge in [0.05, 0.1) is 19.1 Å². The quantitative estimate of drug-likeness (QED) is 0.881. The zero-order chi connectivity index (χ0) is 18.1. The molecule has 2 unspecified atom stereocenters. The van der Waals surface area contributed by atoms with Gasteiger partial charge in [-0.3, -0.25) is 9.59 Å². The van der Waals surface area contributed by atoms with Crippen molar-refractivity contribution in [3.05, 3.63) is 29.3 Å². The molecule has 2 heterocycles. The summed E-state index contributed by atoms with van der Waals surface area (Å²) in [7, 11) is 0. The molecule has 2 atom stereocenters. The third kappa shape index (κ3) is 3.24. The van der Waals surface area contributed by atoms with Gasteiger partial charge in [0, 0.05) is 25.2 Å². The summed E-state index contributed by atoms with van der Waals surface area (Å²) in [6.45, 7) is 4.76. The molecular formula is C18H22N2O5. The van der Waals surface area contributed by atoms with E-state index in [2.05, 4.69) is 0 Å². The zero-order valence-electron chi connectivity index (χ0n) is 14.4. The summed E-state index contributed by atoms with van der Waals surface area (Å²) in [6, 6.07) is 4.77. The maximum atomic E-state index is 12.8. The van der Waals surface area contributed by atoms with Crippen LogP contribution in [0.4, 0.5) is 5.69 Å². The van der Waals surface area contributed by atoms with E-state index >= 15 is 0 Å². The number of amides is 2. The van der Waals surface area contributed by atoms with Gasteiger partial charge in [-0.1, -0.05) is 12.1 Å². The highest BCUT2D eigenvalue weighted by molar-refractivity contribution is 6.01. The minimum Gasteiger partial charge on any atom is -0.480 e. The molecule has 0 radical (unpaired) electrons. The number of ether oxygens (including phenoxy) is 1. The molecule has 0 spiro atoms. The summed E-state index contributed by atoms with van der Waals surface area (Å²) in [4.78, 5) is 39.6. The number of carboxylic acid groups (broad SMARTS) is 1. The number of carbonyl (C=O) groups excluding carboxylic acids is 2. The van der Waals surface area contributed by atoms with Crippen LogP contribution in [0.2, 0.25) is 0 Å². The van der Waals surface area contributed by atoms with Crippen LogP contribution in [0.15, 0.2) is 18.2 Å².